The standard InChI is InChI=1S/C27H28F2N2O3/c1-2-25(20-6-8-23(28)9-7-20)31(17-19-4-3-5-24(29)16-19)27(33)21-10-13-30(14-11-21)26(32)22-12-15-34-18-22/h3-9,12,15-16,18,21,25H,2,10-11,13-14,17H2,1H3. The smallest absolute Gasteiger partial charge is 0.257 e. The van der Waals surface area contributed by atoms with Gasteiger partial charge in [-0.05, 0) is 60.7 Å². The number of halogens is 2. The quantitative estimate of drug-likeness (QED) is 0.456. The Kier molecular flexibility index (Phi) is 7.40. The number of furan rings is 1. The fourth-order valence-corrected chi connectivity index (χ4v) is 4.63. The maximum Gasteiger partial charge on any atom is 0.257 e. The van der Waals surface area contributed by atoms with E-state index in [2.05, 4.69) is 0 Å². The third-order valence-electron chi connectivity index (χ3n) is 6.44. The number of hydrogen-bond acceptors (Lipinski definition) is 3. The van der Waals surface area contributed by atoms with Crippen LogP contribution in [-0.2, 0) is 11.3 Å². The molecule has 1 unspecified atom stereocenters. The van der Waals surface area contributed by atoms with Crippen LogP contribution in [0.5, 0.6) is 0 Å². The van der Waals surface area contributed by atoms with Gasteiger partial charge in [0.15, 0.2) is 0 Å². The van der Waals surface area contributed by atoms with E-state index in [1.165, 1.54) is 36.8 Å². The minimum atomic E-state index is -0.356. The zero-order valence-electron chi connectivity index (χ0n) is 19.1. The lowest BCUT2D eigenvalue weighted by molar-refractivity contribution is -0.140. The van der Waals surface area contributed by atoms with Crippen LogP contribution < -0.4 is 0 Å². The topological polar surface area (TPSA) is 53.8 Å². The molecule has 0 aliphatic carbocycles. The van der Waals surface area contributed by atoms with Crippen molar-refractivity contribution in [3.05, 3.63) is 95.4 Å². The van der Waals surface area contributed by atoms with Crippen molar-refractivity contribution < 1.29 is 22.8 Å². The minimum absolute atomic E-state index is 0.0316. The van der Waals surface area contributed by atoms with Crippen LogP contribution in [0.2, 0.25) is 0 Å². The molecule has 1 aliphatic rings. The highest BCUT2D eigenvalue weighted by atomic mass is 19.1. The number of benzene rings is 2. The normalized spacial score (nSPS) is 15.2. The molecule has 0 spiro atoms. The van der Waals surface area contributed by atoms with Crippen LogP contribution in [-0.4, -0.2) is 34.7 Å². The van der Waals surface area contributed by atoms with Crippen LogP contribution >= 0.6 is 0 Å². The second-order valence-electron chi connectivity index (χ2n) is 8.65. The maximum absolute atomic E-state index is 13.9. The molecule has 7 heteroatoms. The van der Waals surface area contributed by atoms with Gasteiger partial charge in [0.25, 0.3) is 5.91 Å². The van der Waals surface area contributed by atoms with Crippen molar-refractivity contribution in [2.75, 3.05) is 13.1 Å². The van der Waals surface area contributed by atoms with E-state index in [0.717, 1.165) is 5.56 Å². The van der Waals surface area contributed by atoms with E-state index in [9.17, 15) is 18.4 Å². The molecule has 3 aromatic rings. The average molecular weight is 467 g/mol. The Morgan fingerprint density at radius 3 is 2.41 bits per heavy atom. The molecule has 2 aromatic carbocycles. The van der Waals surface area contributed by atoms with Gasteiger partial charge in [0.05, 0.1) is 17.9 Å². The summed E-state index contributed by atoms with van der Waals surface area (Å²) in [6.45, 7) is 3.18. The summed E-state index contributed by atoms with van der Waals surface area (Å²) in [6.07, 6.45) is 4.61. The minimum Gasteiger partial charge on any atom is -0.472 e. The Balaban J connectivity index is 1.53. The first-order chi connectivity index (χ1) is 16.5. The van der Waals surface area contributed by atoms with Crippen LogP contribution in [0, 0.1) is 17.6 Å². The van der Waals surface area contributed by atoms with E-state index in [-0.39, 0.29) is 42.0 Å². The van der Waals surface area contributed by atoms with Gasteiger partial charge in [-0.2, -0.15) is 0 Å². The molecule has 1 atom stereocenters. The van der Waals surface area contributed by atoms with Crippen molar-refractivity contribution in [3.63, 3.8) is 0 Å². The predicted octanol–water partition coefficient (Wildman–Crippen LogP) is 5.59. The van der Waals surface area contributed by atoms with E-state index in [1.807, 2.05) is 6.92 Å². The highest BCUT2D eigenvalue weighted by Crippen LogP contribution is 2.31. The summed E-state index contributed by atoms with van der Waals surface area (Å²) in [6, 6.07) is 13.8. The number of piperidine rings is 1. The molecule has 34 heavy (non-hydrogen) atoms. The summed E-state index contributed by atoms with van der Waals surface area (Å²) in [5, 5.41) is 0. The SMILES string of the molecule is CCC(c1ccc(F)cc1)N(Cc1cccc(F)c1)C(=O)C1CCN(C(=O)c2ccoc2)CC1. The molecule has 0 radical (unpaired) electrons. The molecule has 5 nitrogen and oxygen atoms in total. The van der Waals surface area contributed by atoms with Crippen molar-refractivity contribution in [2.45, 2.75) is 38.8 Å². The molecule has 2 amide bonds. The largest absolute Gasteiger partial charge is 0.472 e. The van der Waals surface area contributed by atoms with Crippen molar-refractivity contribution in [1.29, 1.82) is 0 Å². The lowest BCUT2D eigenvalue weighted by Crippen LogP contribution is -2.45. The van der Waals surface area contributed by atoms with Crippen LogP contribution in [0.25, 0.3) is 0 Å². The Labute approximate surface area is 198 Å². The first-order valence-corrected chi connectivity index (χ1v) is 11.6. The first kappa shape index (κ1) is 23.7. The molecule has 1 aromatic heterocycles. The number of carbonyl (C=O) groups excluding carboxylic acids is 2. The Hall–Kier alpha value is -3.48. The summed E-state index contributed by atoms with van der Waals surface area (Å²) in [7, 11) is 0. The van der Waals surface area contributed by atoms with Crippen molar-refractivity contribution in [2.24, 2.45) is 5.92 Å². The summed E-state index contributed by atoms with van der Waals surface area (Å²) < 4.78 is 32.4. The van der Waals surface area contributed by atoms with Crippen LogP contribution in [0.15, 0.2) is 71.5 Å². The van der Waals surface area contributed by atoms with Gasteiger partial charge in [0, 0.05) is 25.6 Å². The predicted molar refractivity (Wildman–Crippen MR) is 124 cm³/mol. The summed E-state index contributed by atoms with van der Waals surface area (Å²) in [5.74, 6) is -1.08. The van der Waals surface area contributed by atoms with E-state index in [4.69, 9.17) is 4.42 Å². The van der Waals surface area contributed by atoms with Crippen molar-refractivity contribution in [3.8, 4) is 0 Å². The zero-order chi connectivity index (χ0) is 24.1. The number of amides is 2. The molecule has 178 valence electrons. The molecule has 0 bridgehead atoms. The van der Waals surface area contributed by atoms with Gasteiger partial charge >= 0.3 is 0 Å². The molecule has 4 rings (SSSR count). The van der Waals surface area contributed by atoms with Gasteiger partial charge in [-0.3, -0.25) is 9.59 Å². The lowest BCUT2D eigenvalue weighted by atomic mass is 9.92. The summed E-state index contributed by atoms with van der Waals surface area (Å²) in [5.41, 5.74) is 2.03. The fourth-order valence-electron chi connectivity index (χ4n) is 4.63. The van der Waals surface area contributed by atoms with Crippen LogP contribution in [0.4, 0.5) is 8.78 Å². The second kappa shape index (κ2) is 10.6. The van der Waals surface area contributed by atoms with Crippen LogP contribution in [0.3, 0.4) is 0 Å². The van der Waals surface area contributed by atoms with Gasteiger partial charge in [0.2, 0.25) is 5.91 Å². The third kappa shape index (κ3) is 5.35. The number of rotatable bonds is 7. The Bertz CT molecular complexity index is 1110. The molecule has 0 saturated carbocycles. The van der Waals surface area contributed by atoms with E-state index in [0.29, 0.717) is 43.5 Å². The molecule has 1 fully saturated rings. The molecule has 0 N–H and O–H groups in total. The van der Waals surface area contributed by atoms with Gasteiger partial charge in [-0.1, -0.05) is 31.2 Å². The van der Waals surface area contributed by atoms with E-state index < -0.39 is 0 Å². The van der Waals surface area contributed by atoms with E-state index >= 15 is 0 Å². The molecule has 1 saturated heterocycles. The van der Waals surface area contributed by atoms with Gasteiger partial charge in [-0.25, -0.2) is 8.78 Å². The summed E-state index contributed by atoms with van der Waals surface area (Å²) in [4.78, 5) is 29.9. The van der Waals surface area contributed by atoms with Gasteiger partial charge < -0.3 is 14.2 Å². The number of hydrogen-bond donors (Lipinski definition) is 0. The maximum atomic E-state index is 13.9. The molecular weight excluding hydrogens is 438 g/mol. The number of likely N-dealkylation sites (tertiary alicyclic amines) is 1. The van der Waals surface area contributed by atoms with Gasteiger partial charge in [-0.15, -0.1) is 0 Å². The van der Waals surface area contributed by atoms with Crippen molar-refractivity contribution in [1.82, 2.24) is 9.80 Å². The molecule has 2 heterocycles. The highest BCUT2D eigenvalue weighted by Gasteiger charge is 2.34. The lowest BCUT2D eigenvalue weighted by Gasteiger charge is -2.38. The van der Waals surface area contributed by atoms with Crippen molar-refractivity contribution >= 4 is 11.8 Å². The Morgan fingerprint density at radius 2 is 1.79 bits per heavy atom. The highest BCUT2D eigenvalue weighted by molar-refractivity contribution is 5.94. The van der Waals surface area contributed by atoms with Crippen LogP contribution in [0.1, 0.15) is 53.7 Å². The van der Waals surface area contributed by atoms with E-state index in [1.54, 1.807) is 40.1 Å². The molecular formula is C27H28F2N2O3. The molecule has 1 aliphatic heterocycles. The zero-order valence-corrected chi connectivity index (χ0v) is 19.1. The van der Waals surface area contributed by atoms with Gasteiger partial charge in [0.1, 0.15) is 17.9 Å². The second-order valence-corrected chi connectivity index (χ2v) is 8.65. The fraction of sp³-hybridized carbons (Fsp3) is 0.333. The monoisotopic (exact) mass is 466 g/mol. The number of nitrogens with zero attached hydrogens (tertiary/aromatic N) is 2. The Morgan fingerprint density at radius 1 is 1.06 bits per heavy atom. The number of carbonyl (C=O) groups is 2. The average Bonchev–Trinajstić information content (AvgIpc) is 3.39. The summed E-state index contributed by atoms with van der Waals surface area (Å²) >= 11 is 0. The third-order valence-corrected chi connectivity index (χ3v) is 6.44. The first-order valence-electron chi connectivity index (χ1n) is 11.6.